The monoisotopic (exact) mass is 294 g/mol. The van der Waals surface area contributed by atoms with Crippen molar-refractivity contribution >= 4 is 5.78 Å². The van der Waals surface area contributed by atoms with E-state index >= 15 is 0 Å². The summed E-state index contributed by atoms with van der Waals surface area (Å²) in [5.41, 5.74) is -0.847. The number of para-hydroxylation sites is 1. The average molecular weight is 294 g/mol. The smallest absolute Gasteiger partial charge is 0.416 e. The van der Waals surface area contributed by atoms with E-state index in [9.17, 15) is 18.0 Å². The molecule has 0 saturated heterocycles. The normalized spacial score (nSPS) is 11.2. The summed E-state index contributed by atoms with van der Waals surface area (Å²) < 4.78 is 43.7. The van der Waals surface area contributed by atoms with Crippen molar-refractivity contribution in [3.63, 3.8) is 0 Å². The largest absolute Gasteiger partial charge is 0.485 e. The lowest BCUT2D eigenvalue weighted by Gasteiger charge is -2.13. The lowest BCUT2D eigenvalue weighted by atomic mass is 9.99. The zero-order chi connectivity index (χ0) is 15.5. The van der Waals surface area contributed by atoms with Crippen LogP contribution in [0.5, 0.6) is 5.75 Å². The molecule has 21 heavy (non-hydrogen) atoms. The SMILES string of the molecule is Cc1c(C(=O)COc2ccccc2)cccc1C(F)(F)F. The van der Waals surface area contributed by atoms with Crippen LogP contribution in [0.2, 0.25) is 0 Å². The molecule has 0 heterocycles. The van der Waals surface area contributed by atoms with Crippen LogP contribution in [0.1, 0.15) is 21.5 Å². The van der Waals surface area contributed by atoms with Crippen molar-refractivity contribution in [2.45, 2.75) is 13.1 Å². The fourth-order valence-corrected chi connectivity index (χ4v) is 1.99. The molecule has 0 aliphatic carbocycles. The maximum atomic E-state index is 12.8. The molecule has 2 aromatic carbocycles. The number of ketones is 1. The van der Waals surface area contributed by atoms with Crippen molar-refractivity contribution in [2.24, 2.45) is 0 Å². The number of benzene rings is 2. The molecule has 0 saturated carbocycles. The molecule has 2 rings (SSSR count). The number of carbonyl (C=O) groups is 1. The van der Waals surface area contributed by atoms with Gasteiger partial charge < -0.3 is 4.74 Å². The van der Waals surface area contributed by atoms with Gasteiger partial charge in [-0.05, 0) is 30.7 Å². The van der Waals surface area contributed by atoms with Crippen molar-refractivity contribution in [3.8, 4) is 5.75 Å². The molecule has 0 atom stereocenters. The number of rotatable bonds is 4. The highest BCUT2D eigenvalue weighted by molar-refractivity contribution is 5.98. The van der Waals surface area contributed by atoms with Crippen molar-refractivity contribution in [1.29, 1.82) is 0 Å². The number of halogens is 3. The van der Waals surface area contributed by atoms with Gasteiger partial charge >= 0.3 is 6.18 Å². The van der Waals surface area contributed by atoms with Gasteiger partial charge in [0.15, 0.2) is 12.4 Å². The third-order valence-corrected chi connectivity index (χ3v) is 3.05. The highest BCUT2D eigenvalue weighted by Gasteiger charge is 2.33. The molecule has 2 aromatic rings. The number of carbonyl (C=O) groups excluding carboxylic acids is 1. The van der Waals surface area contributed by atoms with E-state index in [4.69, 9.17) is 4.74 Å². The summed E-state index contributed by atoms with van der Waals surface area (Å²) in [5, 5.41) is 0. The molecule has 110 valence electrons. The molecule has 0 bridgehead atoms. The van der Waals surface area contributed by atoms with Gasteiger partial charge in [-0.25, -0.2) is 0 Å². The predicted octanol–water partition coefficient (Wildman–Crippen LogP) is 4.28. The number of alkyl halides is 3. The number of hydrogen-bond acceptors (Lipinski definition) is 2. The first-order valence-corrected chi connectivity index (χ1v) is 6.27. The Morgan fingerprint density at radius 3 is 2.33 bits per heavy atom. The first-order valence-electron chi connectivity index (χ1n) is 6.27. The zero-order valence-electron chi connectivity index (χ0n) is 11.3. The second-order valence-electron chi connectivity index (χ2n) is 4.50. The molecule has 5 heteroatoms. The minimum atomic E-state index is -4.47. The van der Waals surface area contributed by atoms with Crippen molar-refractivity contribution in [2.75, 3.05) is 6.61 Å². The Kier molecular flexibility index (Phi) is 4.31. The van der Waals surface area contributed by atoms with Gasteiger partial charge in [0.1, 0.15) is 5.75 Å². The Labute approximate surface area is 120 Å². The molecule has 0 fully saturated rings. The summed E-state index contributed by atoms with van der Waals surface area (Å²) in [6.45, 7) is 0.991. The molecule has 2 nitrogen and oxygen atoms in total. The van der Waals surface area contributed by atoms with Crippen molar-refractivity contribution < 1.29 is 22.7 Å². The van der Waals surface area contributed by atoms with E-state index in [1.54, 1.807) is 30.3 Å². The number of ether oxygens (including phenoxy) is 1. The van der Waals surface area contributed by atoms with Crippen LogP contribution in [0, 0.1) is 6.92 Å². The van der Waals surface area contributed by atoms with Gasteiger partial charge in [0.2, 0.25) is 0 Å². The average Bonchev–Trinajstić information content (AvgIpc) is 2.45. The van der Waals surface area contributed by atoms with E-state index in [-0.39, 0.29) is 17.7 Å². The third kappa shape index (κ3) is 3.62. The second-order valence-corrected chi connectivity index (χ2v) is 4.50. The standard InChI is InChI=1S/C16H13F3O2/c1-11-13(8-5-9-14(11)16(17,18)19)15(20)10-21-12-6-3-2-4-7-12/h2-9H,10H2,1H3. The number of Topliss-reactive ketones (excluding diaryl/α,β-unsaturated/α-hetero) is 1. The van der Waals surface area contributed by atoms with Crippen LogP contribution in [-0.4, -0.2) is 12.4 Å². The molecule has 0 unspecified atom stereocenters. The van der Waals surface area contributed by atoms with Crippen molar-refractivity contribution in [1.82, 2.24) is 0 Å². The Morgan fingerprint density at radius 1 is 1.05 bits per heavy atom. The Balaban J connectivity index is 2.17. The Bertz CT molecular complexity index is 634. The molecule has 0 amide bonds. The van der Waals surface area contributed by atoms with Crippen molar-refractivity contribution in [3.05, 3.63) is 65.2 Å². The van der Waals surface area contributed by atoms with Gasteiger partial charge in [-0.2, -0.15) is 13.2 Å². The lowest BCUT2D eigenvalue weighted by molar-refractivity contribution is -0.138. The number of hydrogen-bond donors (Lipinski definition) is 0. The summed E-state index contributed by atoms with van der Waals surface area (Å²) in [6, 6.07) is 12.2. The Morgan fingerprint density at radius 2 is 1.71 bits per heavy atom. The molecule has 0 aliphatic heterocycles. The summed E-state index contributed by atoms with van der Waals surface area (Å²) in [6.07, 6.45) is -4.47. The fraction of sp³-hybridized carbons (Fsp3) is 0.188. The van der Waals surface area contributed by atoms with Gasteiger partial charge in [-0.15, -0.1) is 0 Å². The first-order chi connectivity index (χ1) is 9.89. The molecule has 0 N–H and O–H groups in total. The van der Waals surface area contributed by atoms with Crippen LogP contribution in [-0.2, 0) is 6.18 Å². The van der Waals surface area contributed by atoms with Crippen LogP contribution in [0.15, 0.2) is 48.5 Å². The van der Waals surface area contributed by atoms with Crippen LogP contribution >= 0.6 is 0 Å². The molecular weight excluding hydrogens is 281 g/mol. The molecule has 0 aromatic heterocycles. The van der Waals surface area contributed by atoms with E-state index in [2.05, 4.69) is 0 Å². The maximum absolute atomic E-state index is 12.8. The third-order valence-electron chi connectivity index (χ3n) is 3.05. The highest BCUT2D eigenvalue weighted by atomic mass is 19.4. The molecular formula is C16H13F3O2. The maximum Gasteiger partial charge on any atom is 0.416 e. The van der Waals surface area contributed by atoms with Crippen LogP contribution in [0.3, 0.4) is 0 Å². The van der Waals surface area contributed by atoms with E-state index in [1.807, 2.05) is 0 Å². The quantitative estimate of drug-likeness (QED) is 0.787. The van der Waals surface area contributed by atoms with Crippen LogP contribution < -0.4 is 4.74 Å². The minimum absolute atomic E-state index is 0.0285. The summed E-state index contributed by atoms with van der Waals surface area (Å²) >= 11 is 0. The topological polar surface area (TPSA) is 26.3 Å². The lowest BCUT2D eigenvalue weighted by Crippen LogP contribution is -2.16. The van der Waals surface area contributed by atoms with E-state index < -0.39 is 17.5 Å². The van der Waals surface area contributed by atoms with Gasteiger partial charge in [0, 0.05) is 5.56 Å². The Hall–Kier alpha value is -2.30. The van der Waals surface area contributed by atoms with Crippen LogP contribution in [0.4, 0.5) is 13.2 Å². The minimum Gasteiger partial charge on any atom is -0.485 e. The van der Waals surface area contributed by atoms with E-state index in [0.29, 0.717) is 5.75 Å². The van der Waals surface area contributed by atoms with E-state index in [0.717, 1.165) is 6.07 Å². The molecule has 0 aliphatic rings. The molecule has 0 spiro atoms. The van der Waals surface area contributed by atoms with Gasteiger partial charge in [-0.1, -0.05) is 30.3 Å². The summed E-state index contributed by atoms with van der Waals surface area (Å²) in [7, 11) is 0. The first kappa shape index (κ1) is 15.1. The highest BCUT2D eigenvalue weighted by Crippen LogP contribution is 2.33. The zero-order valence-corrected chi connectivity index (χ0v) is 11.3. The fourth-order valence-electron chi connectivity index (χ4n) is 1.99. The predicted molar refractivity (Wildman–Crippen MR) is 72.4 cm³/mol. The van der Waals surface area contributed by atoms with E-state index in [1.165, 1.54) is 19.1 Å². The summed E-state index contributed by atoms with van der Waals surface area (Å²) in [4.78, 5) is 12.0. The second kappa shape index (κ2) is 5.99. The van der Waals surface area contributed by atoms with Gasteiger partial charge in [-0.3, -0.25) is 4.79 Å². The molecule has 0 radical (unpaired) electrons. The van der Waals surface area contributed by atoms with Gasteiger partial charge in [0.25, 0.3) is 0 Å². The van der Waals surface area contributed by atoms with Gasteiger partial charge in [0.05, 0.1) is 5.56 Å². The summed E-state index contributed by atoms with van der Waals surface area (Å²) in [5.74, 6) is 0.0120. The van der Waals surface area contributed by atoms with Crippen LogP contribution in [0.25, 0.3) is 0 Å².